The topological polar surface area (TPSA) is 78.9 Å². The fraction of sp³-hybridized carbons (Fsp3) is 0.635. The Labute approximate surface area is 356 Å². The number of carbonyl (C=O) groups is 3. The van der Waals surface area contributed by atoms with Gasteiger partial charge in [-0.3, -0.25) is 14.4 Å². The molecule has 0 aromatic rings. The summed E-state index contributed by atoms with van der Waals surface area (Å²) < 4.78 is 16.6. The van der Waals surface area contributed by atoms with Crippen molar-refractivity contribution in [3.05, 3.63) is 97.2 Å². The molecule has 0 saturated carbocycles. The van der Waals surface area contributed by atoms with Crippen LogP contribution in [-0.4, -0.2) is 37.2 Å². The zero-order valence-corrected chi connectivity index (χ0v) is 37.3. The molecule has 0 saturated heterocycles. The Hall–Kier alpha value is -3.67. The van der Waals surface area contributed by atoms with Crippen LogP contribution < -0.4 is 0 Å². The van der Waals surface area contributed by atoms with E-state index in [-0.39, 0.29) is 38.0 Å². The molecule has 6 nitrogen and oxygen atoms in total. The summed E-state index contributed by atoms with van der Waals surface area (Å²) in [7, 11) is 0. The molecule has 0 aliphatic rings. The van der Waals surface area contributed by atoms with Gasteiger partial charge in [0.15, 0.2) is 6.10 Å². The minimum absolute atomic E-state index is 0.122. The first-order chi connectivity index (χ1) is 28.5. The molecule has 0 aromatic heterocycles. The number of hydrogen-bond donors (Lipinski definition) is 0. The monoisotopic (exact) mass is 805 g/mol. The van der Waals surface area contributed by atoms with E-state index in [1.807, 2.05) is 54.7 Å². The van der Waals surface area contributed by atoms with Crippen LogP contribution in [-0.2, 0) is 28.6 Å². The molecule has 6 heteroatoms. The van der Waals surface area contributed by atoms with Gasteiger partial charge in [0.05, 0.1) is 0 Å². The maximum absolute atomic E-state index is 12.7. The second-order valence-electron chi connectivity index (χ2n) is 15.1. The van der Waals surface area contributed by atoms with Gasteiger partial charge >= 0.3 is 17.9 Å². The van der Waals surface area contributed by atoms with Crippen LogP contribution in [0.5, 0.6) is 0 Å². The summed E-state index contributed by atoms with van der Waals surface area (Å²) in [6, 6.07) is 0. The molecule has 0 fully saturated rings. The van der Waals surface area contributed by atoms with Crippen LogP contribution in [0.2, 0.25) is 0 Å². The molecule has 328 valence electrons. The van der Waals surface area contributed by atoms with Crippen LogP contribution in [0.15, 0.2) is 97.2 Å². The molecule has 1 atom stereocenters. The van der Waals surface area contributed by atoms with E-state index >= 15 is 0 Å². The number of carbonyl (C=O) groups excluding carboxylic acids is 3. The molecular formula is C52H84O6. The summed E-state index contributed by atoms with van der Waals surface area (Å²) in [5.41, 5.74) is 0. The number of allylic oxidation sites excluding steroid dienone is 16. The van der Waals surface area contributed by atoms with Crippen molar-refractivity contribution in [3.8, 4) is 0 Å². The number of esters is 3. The standard InChI is InChI=1S/C52H84O6/c1-4-7-10-13-16-19-22-24-25-26-27-29-30-33-36-39-42-45-51(54)57-48-49(47-56-50(53)44-41-38-35-32-21-18-15-12-9-6-3)58-52(55)46-43-40-37-34-31-28-23-20-17-14-11-8-5-2/h8,11,14,17,20,23-25,27-29,31,33-34,36-37,49H,4-7,9-10,12-13,15-16,18-19,21-22,26,30,32,35,38-48H2,1-3H3/b11-8-,17-14-,23-20-,25-24-,29-27-,31-28-,36-33-,37-34-. The number of hydrogen-bond acceptors (Lipinski definition) is 6. The van der Waals surface area contributed by atoms with Gasteiger partial charge in [-0.15, -0.1) is 0 Å². The van der Waals surface area contributed by atoms with Crippen molar-refractivity contribution in [1.82, 2.24) is 0 Å². The Morgan fingerprint density at radius 3 is 1.28 bits per heavy atom. The lowest BCUT2D eigenvalue weighted by molar-refractivity contribution is -0.167. The van der Waals surface area contributed by atoms with E-state index in [4.69, 9.17) is 14.2 Å². The molecule has 0 N–H and O–H groups in total. The van der Waals surface area contributed by atoms with Crippen molar-refractivity contribution in [1.29, 1.82) is 0 Å². The predicted molar refractivity (Wildman–Crippen MR) is 247 cm³/mol. The Morgan fingerprint density at radius 1 is 0.379 bits per heavy atom. The van der Waals surface area contributed by atoms with E-state index in [0.29, 0.717) is 19.3 Å². The molecule has 0 aromatic carbocycles. The molecule has 0 amide bonds. The lowest BCUT2D eigenvalue weighted by Gasteiger charge is -2.18. The van der Waals surface area contributed by atoms with Crippen molar-refractivity contribution in [2.24, 2.45) is 0 Å². The van der Waals surface area contributed by atoms with E-state index in [1.54, 1.807) is 0 Å². The lowest BCUT2D eigenvalue weighted by Crippen LogP contribution is -2.30. The first-order valence-corrected chi connectivity index (χ1v) is 23.3. The van der Waals surface area contributed by atoms with Gasteiger partial charge in [-0.05, 0) is 64.2 Å². The molecule has 58 heavy (non-hydrogen) atoms. The molecule has 0 heterocycles. The highest BCUT2D eigenvalue weighted by Crippen LogP contribution is 2.13. The smallest absolute Gasteiger partial charge is 0.306 e. The fourth-order valence-electron chi connectivity index (χ4n) is 5.96. The summed E-state index contributed by atoms with van der Waals surface area (Å²) in [6.45, 7) is 6.34. The molecule has 0 spiro atoms. The first kappa shape index (κ1) is 54.3. The molecule has 1 unspecified atom stereocenters. The van der Waals surface area contributed by atoms with E-state index in [0.717, 1.165) is 51.4 Å². The Morgan fingerprint density at radius 2 is 0.759 bits per heavy atom. The van der Waals surface area contributed by atoms with Gasteiger partial charge in [0.2, 0.25) is 0 Å². The Bertz CT molecular complexity index is 1200. The van der Waals surface area contributed by atoms with Gasteiger partial charge in [0.1, 0.15) is 13.2 Å². The normalized spacial score (nSPS) is 12.9. The van der Waals surface area contributed by atoms with Crippen LogP contribution in [0.1, 0.15) is 194 Å². The average Bonchev–Trinajstić information content (AvgIpc) is 3.22. The minimum atomic E-state index is -0.832. The lowest BCUT2D eigenvalue weighted by atomic mass is 10.1. The Kier molecular flexibility index (Phi) is 43.1. The molecule has 0 aliphatic carbocycles. The molecule has 0 aliphatic heterocycles. The van der Waals surface area contributed by atoms with Crippen molar-refractivity contribution in [2.45, 2.75) is 200 Å². The maximum atomic E-state index is 12.7. The van der Waals surface area contributed by atoms with Gasteiger partial charge in [-0.2, -0.15) is 0 Å². The van der Waals surface area contributed by atoms with Crippen LogP contribution in [0, 0.1) is 0 Å². The molecule has 0 rings (SSSR count). The predicted octanol–water partition coefficient (Wildman–Crippen LogP) is 15.0. The van der Waals surface area contributed by atoms with Crippen LogP contribution in [0.4, 0.5) is 0 Å². The number of rotatable bonds is 40. The van der Waals surface area contributed by atoms with Gasteiger partial charge < -0.3 is 14.2 Å². The minimum Gasteiger partial charge on any atom is -0.462 e. The second-order valence-corrected chi connectivity index (χ2v) is 15.1. The van der Waals surface area contributed by atoms with E-state index < -0.39 is 12.1 Å². The van der Waals surface area contributed by atoms with Crippen LogP contribution in [0.3, 0.4) is 0 Å². The summed E-state index contributed by atoms with van der Waals surface area (Å²) in [4.78, 5) is 37.7. The second kappa shape index (κ2) is 46.0. The quantitative estimate of drug-likeness (QED) is 0.0202. The molecule has 0 bridgehead atoms. The highest BCUT2D eigenvalue weighted by molar-refractivity contribution is 5.71. The van der Waals surface area contributed by atoms with Gasteiger partial charge in [0, 0.05) is 19.3 Å². The summed E-state index contributed by atoms with van der Waals surface area (Å²) in [5, 5.41) is 0. The SMILES string of the molecule is CC\C=C/C=C\C=C/C=C\C=C/CCCC(=O)OC(COC(=O)CCC/C=C\C/C=C\C/C=C\CCCCCCCC)COC(=O)CCCCCCCCCCCC. The van der Waals surface area contributed by atoms with Crippen LogP contribution in [0.25, 0.3) is 0 Å². The van der Waals surface area contributed by atoms with Crippen molar-refractivity contribution >= 4 is 17.9 Å². The first-order valence-electron chi connectivity index (χ1n) is 23.3. The van der Waals surface area contributed by atoms with Gasteiger partial charge in [0.25, 0.3) is 0 Å². The summed E-state index contributed by atoms with van der Waals surface area (Å²) >= 11 is 0. The maximum Gasteiger partial charge on any atom is 0.306 e. The van der Waals surface area contributed by atoms with Gasteiger partial charge in [-0.25, -0.2) is 0 Å². The van der Waals surface area contributed by atoms with E-state index in [9.17, 15) is 14.4 Å². The van der Waals surface area contributed by atoms with Crippen LogP contribution >= 0.6 is 0 Å². The fourth-order valence-corrected chi connectivity index (χ4v) is 5.96. The third-order valence-electron chi connectivity index (χ3n) is 9.45. The number of unbranched alkanes of at least 4 members (excludes halogenated alkanes) is 17. The van der Waals surface area contributed by atoms with Crippen molar-refractivity contribution < 1.29 is 28.6 Å². The molecular weight excluding hydrogens is 721 g/mol. The van der Waals surface area contributed by atoms with Gasteiger partial charge in [-0.1, -0.05) is 208 Å². The highest BCUT2D eigenvalue weighted by atomic mass is 16.6. The van der Waals surface area contributed by atoms with Crippen molar-refractivity contribution in [2.75, 3.05) is 13.2 Å². The van der Waals surface area contributed by atoms with Crippen molar-refractivity contribution in [3.63, 3.8) is 0 Å². The average molecular weight is 805 g/mol. The third kappa shape index (κ3) is 43.5. The zero-order chi connectivity index (χ0) is 42.3. The third-order valence-corrected chi connectivity index (χ3v) is 9.45. The van der Waals surface area contributed by atoms with E-state index in [2.05, 4.69) is 63.3 Å². The summed E-state index contributed by atoms with van der Waals surface area (Å²) in [5.74, 6) is -1.06. The summed E-state index contributed by atoms with van der Waals surface area (Å²) in [6.07, 6.45) is 59.8. The van der Waals surface area contributed by atoms with E-state index in [1.165, 1.54) is 89.9 Å². The largest absolute Gasteiger partial charge is 0.462 e. The zero-order valence-electron chi connectivity index (χ0n) is 37.3. The Balaban J connectivity index is 4.56. The molecule has 0 radical (unpaired) electrons. The number of ether oxygens (including phenoxy) is 3. The highest BCUT2D eigenvalue weighted by Gasteiger charge is 2.19.